The lowest BCUT2D eigenvalue weighted by Crippen LogP contribution is -2.37. The fourth-order valence-corrected chi connectivity index (χ4v) is 3.09. The van der Waals surface area contributed by atoms with E-state index in [1.807, 2.05) is 41.1 Å². The van der Waals surface area contributed by atoms with Crippen molar-refractivity contribution >= 4 is 16.8 Å². The first kappa shape index (κ1) is 14.8. The highest BCUT2D eigenvalue weighted by molar-refractivity contribution is 5.97. The number of hydrogen-bond acceptors (Lipinski definition) is 4. The molecular formula is C18H18N4O2. The summed E-state index contributed by atoms with van der Waals surface area (Å²) in [6, 6.07) is 11.6. The first-order chi connectivity index (χ1) is 11.7. The molecule has 4 rings (SSSR count). The van der Waals surface area contributed by atoms with Gasteiger partial charge in [-0.15, -0.1) is 0 Å². The molecule has 0 saturated carbocycles. The lowest BCUT2D eigenvalue weighted by atomic mass is 10.1. The van der Waals surface area contributed by atoms with E-state index in [0.29, 0.717) is 25.2 Å². The molecule has 0 aliphatic carbocycles. The molecule has 1 amide bonds. The van der Waals surface area contributed by atoms with Crippen molar-refractivity contribution in [3.63, 3.8) is 0 Å². The number of carbonyl (C=O) groups is 1. The zero-order chi connectivity index (χ0) is 16.5. The minimum absolute atomic E-state index is 0.0371. The van der Waals surface area contributed by atoms with Crippen LogP contribution in [0.25, 0.3) is 10.9 Å². The maximum absolute atomic E-state index is 13.0. The van der Waals surface area contributed by atoms with Gasteiger partial charge in [0.2, 0.25) is 0 Å². The SMILES string of the molecule is CO[C@@H]1CN(C(=O)c2cnc3ccccc3c2)Cc2ccnn2C1. The molecule has 1 aromatic carbocycles. The fraction of sp³-hybridized carbons (Fsp3) is 0.278. The Morgan fingerprint density at radius 3 is 3.00 bits per heavy atom. The second kappa shape index (κ2) is 6.05. The molecule has 6 nitrogen and oxygen atoms in total. The van der Waals surface area contributed by atoms with Crippen molar-refractivity contribution in [1.82, 2.24) is 19.7 Å². The summed E-state index contributed by atoms with van der Waals surface area (Å²) in [5, 5.41) is 5.27. The molecule has 3 heterocycles. The monoisotopic (exact) mass is 322 g/mol. The number of nitrogens with zero attached hydrogens (tertiary/aromatic N) is 4. The summed E-state index contributed by atoms with van der Waals surface area (Å²) in [6.45, 7) is 1.70. The van der Waals surface area contributed by atoms with Gasteiger partial charge in [-0.25, -0.2) is 0 Å². The molecule has 0 saturated heterocycles. The van der Waals surface area contributed by atoms with Crippen LogP contribution >= 0.6 is 0 Å². The molecular weight excluding hydrogens is 304 g/mol. The van der Waals surface area contributed by atoms with Gasteiger partial charge in [0.1, 0.15) is 0 Å². The number of fused-ring (bicyclic) bond motifs is 2. The zero-order valence-corrected chi connectivity index (χ0v) is 13.4. The van der Waals surface area contributed by atoms with Crippen LogP contribution in [0.2, 0.25) is 0 Å². The smallest absolute Gasteiger partial charge is 0.255 e. The van der Waals surface area contributed by atoms with Crippen molar-refractivity contribution in [2.75, 3.05) is 13.7 Å². The third-order valence-electron chi connectivity index (χ3n) is 4.42. The Kier molecular flexibility index (Phi) is 3.74. The van der Waals surface area contributed by atoms with E-state index >= 15 is 0 Å². The Balaban J connectivity index is 1.66. The van der Waals surface area contributed by atoms with Gasteiger partial charge in [-0.05, 0) is 18.2 Å². The summed E-state index contributed by atoms with van der Waals surface area (Å²) >= 11 is 0. The predicted octanol–water partition coefficient (Wildman–Crippen LogP) is 2.10. The molecule has 0 fully saturated rings. The van der Waals surface area contributed by atoms with Crippen LogP contribution in [0.3, 0.4) is 0 Å². The van der Waals surface area contributed by atoms with E-state index in [4.69, 9.17) is 4.74 Å². The zero-order valence-electron chi connectivity index (χ0n) is 13.4. The standard InChI is InChI=1S/C18H18N4O2/c1-24-16-11-21(10-15-6-7-20-22(15)12-16)18(23)14-8-13-4-2-3-5-17(13)19-9-14/h2-9,16H,10-12H2,1H3/t16-/m1/s1. The van der Waals surface area contributed by atoms with Gasteiger partial charge >= 0.3 is 0 Å². The maximum Gasteiger partial charge on any atom is 0.255 e. The van der Waals surface area contributed by atoms with Crippen LogP contribution in [-0.4, -0.2) is 45.3 Å². The van der Waals surface area contributed by atoms with Gasteiger partial charge in [-0.2, -0.15) is 5.10 Å². The van der Waals surface area contributed by atoms with E-state index < -0.39 is 0 Å². The van der Waals surface area contributed by atoms with E-state index in [-0.39, 0.29) is 12.0 Å². The largest absolute Gasteiger partial charge is 0.378 e. The average Bonchev–Trinajstić information content (AvgIpc) is 2.98. The topological polar surface area (TPSA) is 60.2 Å². The number of methoxy groups -OCH3 is 1. The van der Waals surface area contributed by atoms with Gasteiger partial charge in [-0.1, -0.05) is 18.2 Å². The molecule has 0 radical (unpaired) electrons. The summed E-state index contributed by atoms with van der Waals surface area (Å²) in [4.78, 5) is 19.2. The van der Waals surface area contributed by atoms with E-state index in [9.17, 15) is 4.79 Å². The first-order valence-electron chi connectivity index (χ1n) is 7.92. The Labute approximate surface area is 139 Å². The number of benzene rings is 1. The summed E-state index contributed by atoms with van der Waals surface area (Å²) < 4.78 is 7.42. The summed E-state index contributed by atoms with van der Waals surface area (Å²) in [5.74, 6) is -0.0371. The molecule has 1 aliphatic rings. The number of aromatic nitrogens is 3. The van der Waals surface area contributed by atoms with Gasteiger partial charge < -0.3 is 9.64 Å². The highest BCUT2D eigenvalue weighted by Crippen LogP contribution is 2.18. The molecule has 0 bridgehead atoms. The van der Waals surface area contributed by atoms with Gasteiger partial charge in [0, 0.05) is 31.4 Å². The molecule has 0 unspecified atom stereocenters. The quantitative estimate of drug-likeness (QED) is 0.725. The summed E-state index contributed by atoms with van der Waals surface area (Å²) in [6.07, 6.45) is 3.32. The van der Waals surface area contributed by atoms with Crippen LogP contribution < -0.4 is 0 Å². The lowest BCUT2D eigenvalue weighted by Gasteiger charge is -2.23. The first-order valence-corrected chi connectivity index (χ1v) is 7.92. The van der Waals surface area contributed by atoms with Crippen molar-refractivity contribution in [2.45, 2.75) is 19.2 Å². The molecule has 3 aromatic rings. The van der Waals surface area contributed by atoms with E-state index in [0.717, 1.165) is 16.6 Å². The van der Waals surface area contributed by atoms with Crippen LogP contribution in [0, 0.1) is 0 Å². The second-order valence-electron chi connectivity index (χ2n) is 5.96. The van der Waals surface area contributed by atoms with Crippen molar-refractivity contribution < 1.29 is 9.53 Å². The lowest BCUT2D eigenvalue weighted by molar-refractivity contribution is 0.0450. The third-order valence-corrected chi connectivity index (χ3v) is 4.42. The molecule has 6 heteroatoms. The summed E-state index contributed by atoms with van der Waals surface area (Å²) in [5.41, 5.74) is 2.49. The Bertz CT molecular complexity index is 889. The van der Waals surface area contributed by atoms with Crippen molar-refractivity contribution in [2.24, 2.45) is 0 Å². The minimum atomic E-state index is -0.0801. The number of amides is 1. The molecule has 24 heavy (non-hydrogen) atoms. The molecule has 2 aromatic heterocycles. The van der Waals surface area contributed by atoms with Crippen molar-refractivity contribution in [3.05, 3.63) is 60.0 Å². The minimum Gasteiger partial charge on any atom is -0.378 e. The van der Waals surface area contributed by atoms with Crippen molar-refractivity contribution in [1.29, 1.82) is 0 Å². The number of hydrogen-bond donors (Lipinski definition) is 0. The van der Waals surface area contributed by atoms with Gasteiger partial charge in [-0.3, -0.25) is 14.5 Å². The predicted molar refractivity (Wildman–Crippen MR) is 89.5 cm³/mol. The third kappa shape index (κ3) is 2.65. The summed E-state index contributed by atoms with van der Waals surface area (Å²) in [7, 11) is 1.67. The van der Waals surface area contributed by atoms with Gasteiger partial charge in [0.25, 0.3) is 5.91 Å². The van der Waals surface area contributed by atoms with Gasteiger partial charge in [0.15, 0.2) is 0 Å². The van der Waals surface area contributed by atoms with Gasteiger partial charge in [0.05, 0.1) is 36.0 Å². The Morgan fingerprint density at radius 2 is 2.12 bits per heavy atom. The maximum atomic E-state index is 13.0. The highest BCUT2D eigenvalue weighted by Gasteiger charge is 2.26. The van der Waals surface area contributed by atoms with Crippen LogP contribution in [0.4, 0.5) is 0 Å². The number of ether oxygens (including phenoxy) is 1. The van der Waals surface area contributed by atoms with Crippen LogP contribution in [0.5, 0.6) is 0 Å². The molecule has 0 spiro atoms. The second-order valence-corrected chi connectivity index (χ2v) is 5.96. The van der Waals surface area contributed by atoms with Crippen LogP contribution in [0.15, 0.2) is 48.8 Å². The normalized spacial score (nSPS) is 17.5. The number of carbonyl (C=O) groups excluding carboxylic acids is 1. The van der Waals surface area contributed by atoms with E-state index in [2.05, 4.69) is 10.1 Å². The van der Waals surface area contributed by atoms with Crippen LogP contribution in [0.1, 0.15) is 16.1 Å². The van der Waals surface area contributed by atoms with Crippen LogP contribution in [-0.2, 0) is 17.8 Å². The fourth-order valence-electron chi connectivity index (χ4n) is 3.09. The van der Waals surface area contributed by atoms with Crippen molar-refractivity contribution in [3.8, 4) is 0 Å². The van der Waals surface area contributed by atoms with E-state index in [1.54, 1.807) is 24.4 Å². The number of para-hydroxylation sites is 1. The Hall–Kier alpha value is -2.73. The Morgan fingerprint density at radius 1 is 1.25 bits per heavy atom. The molecule has 0 N–H and O–H groups in total. The van der Waals surface area contributed by atoms with E-state index in [1.165, 1.54) is 0 Å². The molecule has 1 aliphatic heterocycles. The highest BCUT2D eigenvalue weighted by atomic mass is 16.5. The number of pyridine rings is 1. The molecule has 1 atom stereocenters. The number of rotatable bonds is 2. The average molecular weight is 322 g/mol. The molecule has 122 valence electrons.